The average Bonchev–Trinajstić information content (AvgIpc) is 2.17. The standard InChI is InChI=1S/C10H21NO3/c1-3-13-10(12)8-6-5-7-9-11-14-4-2/h11H,3-9H2,1-2H3. The average molecular weight is 203 g/mol. The van der Waals surface area contributed by atoms with E-state index in [4.69, 9.17) is 9.57 Å². The molecule has 0 saturated heterocycles. The van der Waals surface area contributed by atoms with Crippen molar-refractivity contribution >= 4 is 5.97 Å². The molecule has 0 unspecified atom stereocenters. The first-order chi connectivity index (χ1) is 6.81. The Kier molecular flexibility index (Phi) is 10.0. The number of carbonyl (C=O) groups is 1. The molecule has 0 aliphatic carbocycles. The first-order valence-corrected chi connectivity index (χ1v) is 5.31. The van der Waals surface area contributed by atoms with E-state index in [-0.39, 0.29) is 5.97 Å². The van der Waals surface area contributed by atoms with Crippen molar-refractivity contribution < 1.29 is 14.4 Å². The molecule has 0 amide bonds. The number of carbonyl (C=O) groups excluding carboxylic acids is 1. The van der Waals surface area contributed by atoms with Gasteiger partial charge in [0, 0.05) is 13.0 Å². The van der Waals surface area contributed by atoms with Crippen molar-refractivity contribution in [2.75, 3.05) is 19.8 Å². The van der Waals surface area contributed by atoms with E-state index in [0.717, 1.165) is 25.8 Å². The van der Waals surface area contributed by atoms with E-state index in [1.54, 1.807) is 0 Å². The van der Waals surface area contributed by atoms with E-state index in [2.05, 4.69) is 5.48 Å². The molecule has 0 aliphatic heterocycles. The van der Waals surface area contributed by atoms with Crippen LogP contribution in [0.3, 0.4) is 0 Å². The van der Waals surface area contributed by atoms with Gasteiger partial charge in [-0.1, -0.05) is 6.42 Å². The van der Waals surface area contributed by atoms with Gasteiger partial charge in [-0.2, -0.15) is 0 Å². The summed E-state index contributed by atoms with van der Waals surface area (Å²) < 4.78 is 4.81. The molecule has 0 rings (SSSR count). The van der Waals surface area contributed by atoms with Gasteiger partial charge in [-0.05, 0) is 26.7 Å². The zero-order valence-corrected chi connectivity index (χ0v) is 9.17. The van der Waals surface area contributed by atoms with Gasteiger partial charge >= 0.3 is 5.97 Å². The molecule has 1 N–H and O–H groups in total. The molecule has 0 aromatic carbocycles. The fourth-order valence-corrected chi connectivity index (χ4v) is 1.05. The SMILES string of the molecule is CCONCCCCCC(=O)OCC. The van der Waals surface area contributed by atoms with Gasteiger partial charge in [0.1, 0.15) is 0 Å². The monoisotopic (exact) mass is 203 g/mol. The molecule has 0 atom stereocenters. The normalized spacial score (nSPS) is 10.1. The molecule has 0 aromatic heterocycles. The van der Waals surface area contributed by atoms with Gasteiger partial charge in [0.2, 0.25) is 0 Å². The van der Waals surface area contributed by atoms with Crippen LogP contribution in [0.1, 0.15) is 39.5 Å². The third-order valence-electron chi connectivity index (χ3n) is 1.71. The van der Waals surface area contributed by atoms with E-state index in [9.17, 15) is 4.79 Å². The maximum absolute atomic E-state index is 10.9. The van der Waals surface area contributed by atoms with Crippen LogP contribution >= 0.6 is 0 Å². The van der Waals surface area contributed by atoms with Crippen molar-refractivity contribution in [1.29, 1.82) is 0 Å². The number of ether oxygens (including phenoxy) is 1. The summed E-state index contributed by atoms with van der Waals surface area (Å²) in [7, 11) is 0. The molecule has 0 spiro atoms. The van der Waals surface area contributed by atoms with Crippen molar-refractivity contribution in [3.05, 3.63) is 0 Å². The first-order valence-electron chi connectivity index (χ1n) is 5.31. The second-order valence-electron chi connectivity index (χ2n) is 2.94. The fourth-order valence-electron chi connectivity index (χ4n) is 1.05. The summed E-state index contributed by atoms with van der Waals surface area (Å²) in [5.41, 5.74) is 2.83. The highest BCUT2D eigenvalue weighted by Crippen LogP contribution is 2.00. The molecular weight excluding hydrogens is 182 g/mol. The van der Waals surface area contributed by atoms with Crippen LogP contribution in [0.15, 0.2) is 0 Å². The Hall–Kier alpha value is -0.610. The molecule has 0 saturated carbocycles. The van der Waals surface area contributed by atoms with Crippen LogP contribution in [0.4, 0.5) is 0 Å². The summed E-state index contributed by atoms with van der Waals surface area (Å²) in [4.78, 5) is 15.9. The minimum Gasteiger partial charge on any atom is -0.466 e. The second kappa shape index (κ2) is 10.5. The minimum absolute atomic E-state index is 0.0923. The van der Waals surface area contributed by atoms with Crippen molar-refractivity contribution in [2.24, 2.45) is 0 Å². The molecule has 0 heterocycles. The number of nitrogens with one attached hydrogen (secondary N) is 1. The van der Waals surface area contributed by atoms with E-state index < -0.39 is 0 Å². The number of unbranched alkanes of at least 4 members (excludes halogenated alkanes) is 2. The minimum atomic E-state index is -0.0923. The van der Waals surface area contributed by atoms with Crippen LogP contribution < -0.4 is 5.48 Å². The Morgan fingerprint density at radius 2 is 1.93 bits per heavy atom. The third-order valence-corrected chi connectivity index (χ3v) is 1.71. The fraction of sp³-hybridized carbons (Fsp3) is 0.900. The van der Waals surface area contributed by atoms with Crippen LogP contribution in [0, 0.1) is 0 Å². The van der Waals surface area contributed by atoms with Crippen LogP contribution in [-0.4, -0.2) is 25.7 Å². The highest BCUT2D eigenvalue weighted by Gasteiger charge is 1.99. The van der Waals surface area contributed by atoms with E-state index in [0.29, 0.717) is 19.6 Å². The van der Waals surface area contributed by atoms with Crippen molar-refractivity contribution in [2.45, 2.75) is 39.5 Å². The molecule has 4 heteroatoms. The lowest BCUT2D eigenvalue weighted by Gasteiger charge is -2.03. The van der Waals surface area contributed by atoms with Gasteiger partial charge in [0.05, 0.1) is 13.2 Å². The molecule has 0 fully saturated rings. The van der Waals surface area contributed by atoms with Gasteiger partial charge in [0.15, 0.2) is 0 Å². The summed E-state index contributed by atoms with van der Waals surface area (Å²) in [5, 5.41) is 0. The molecular formula is C10H21NO3. The highest BCUT2D eigenvalue weighted by molar-refractivity contribution is 5.69. The number of hydrogen-bond donors (Lipinski definition) is 1. The topological polar surface area (TPSA) is 47.6 Å². The van der Waals surface area contributed by atoms with Crippen LogP contribution in [-0.2, 0) is 14.4 Å². The molecule has 14 heavy (non-hydrogen) atoms. The zero-order valence-electron chi connectivity index (χ0n) is 9.17. The van der Waals surface area contributed by atoms with Gasteiger partial charge in [0.25, 0.3) is 0 Å². The summed E-state index contributed by atoms with van der Waals surface area (Å²) >= 11 is 0. The maximum atomic E-state index is 10.9. The Bertz CT molecular complexity index is 139. The predicted molar refractivity (Wildman–Crippen MR) is 54.7 cm³/mol. The summed E-state index contributed by atoms with van der Waals surface area (Å²) in [5.74, 6) is -0.0923. The second-order valence-corrected chi connectivity index (χ2v) is 2.94. The lowest BCUT2D eigenvalue weighted by molar-refractivity contribution is -0.143. The maximum Gasteiger partial charge on any atom is 0.305 e. The van der Waals surface area contributed by atoms with Gasteiger partial charge in [-0.25, -0.2) is 5.48 Å². The van der Waals surface area contributed by atoms with Gasteiger partial charge in [-0.3, -0.25) is 4.79 Å². The Balaban J connectivity index is 3.01. The Morgan fingerprint density at radius 3 is 2.57 bits per heavy atom. The molecule has 0 bridgehead atoms. The van der Waals surface area contributed by atoms with E-state index >= 15 is 0 Å². The number of hydrogen-bond acceptors (Lipinski definition) is 4. The Morgan fingerprint density at radius 1 is 1.14 bits per heavy atom. The summed E-state index contributed by atoms with van der Waals surface area (Å²) in [6.07, 6.45) is 3.48. The van der Waals surface area contributed by atoms with Crippen molar-refractivity contribution in [3.8, 4) is 0 Å². The lowest BCUT2D eigenvalue weighted by Crippen LogP contribution is -2.15. The predicted octanol–water partition coefficient (Wildman–Crippen LogP) is 1.65. The smallest absolute Gasteiger partial charge is 0.305 e. The third kappa shape index (κ3) is 9.48. The van der Waals surface area contributed by atoms with Gasteiger partial charge < -0.3 is 9.57 Å². The number of hydroxylamine groups is 1. The largest absolute Gasteiger partial charge is 0.466 e. The quantitative estimate of drug-likeness (QED) is 0.351. The number of esters is 1. The van der Waals surface area contributed by atoms with E-state index in [1.807, 2.05) is 13.8 Å². The molecule has 0 aliphatic rings. The molecule has 0 radical (unpaired) electrons. The zero-order chi connectivity index (χ0) is 10.6. The summed E-state index contributed by atoms with van der Waals surface area (Å²) in [6.45, 7) is 5.77. The first kappa shape index (κ1) is 13.4. The van der Waals surface area contributed by atoms with Gasteiger partial charge in [-0.15, -0.1) is 0 Å². The van der Waals surface area contributed by atoms with Crippen molar-refractivity contribution in [1.82, 2.24) is 5.48 Å². The van der Waals surface area contributed by atoms with Crippen LogP contribution in [0.5, 0.6) is 0 Å². The molecule has 0 aromatic rings. The van der Waals surface area contributed by atoms with E-state index in [1.165, 1.54) is 0 Å². The number of rotatable bonds is 9. The molecule has 84 valence electrons. The Labute approximate surface area is 85.9 Å². The highest BCUT2D eigenvalue weighted by atomic mass is 16.6. The van der Waals surface area contributed by atoms with Crippen molar-refractivity contribution in [3.63, 3.8) is 0 Å². The van der Waals surface area contributed by atoms with Crippen LogP contribution in [0.25, 0.3) is 0 Å². The summed E-state index contributed by atoms with van der Waals surface area (Å²) in [6, 6.07) is 0. The van der Waals surface area contributed by atoms with Crippen LogP contribution in [0.2, 0.25) is 0 Å². The molecule has 4 nitrogen and oxygen atoms in total. The lowest BCUT2D eigenvalue weighted by atomic mass is 10.2.